The molecule has 15 heavy (non-hydrogen) atoms. The summed E-state index contributed by atoms with van der Waals surface area (Å²) in [4.78, 5) is 15.3. The molecule has 0 saturated carbocycles. The third-order valence-electron chi connectivity index (χ3n) is 2.04. The maximum Gasteiger partial charge on any atom is 0.252 e. The molecule has 4 nitrogen and oxygen atoms in total. The summed E-state index contributed by atoms with van der Waals surface area (Å²) in [6.07, 6.45) is 4.26. The van der Waals surface area contributed by atoms with Crippen LogP contribution in [0.15, 0.2) is 24.5 Å². The lowest BCUT2D eigenvalue weighted by Gasteiger charge is -2.10. The Morgan fingerprint density at radius 3 is 3.07 bits per heavy atom. The molecule has 1 atom stereocenters. The van der Waals surface area contributed by atoms with Crippen molar-refractivity contribution in [3.8, 4) is 0 Å². The normalized spacial score (nSPS) is 12.1. The lowest BCUT2D eigenvalue weighted by atomic mass is 10.2. The van der Waals surface area contributed by atoms with Gasteiger partial charge in [-0.1, -0.05) is 13.3 Å². The molecule has 1 amide bonds. The van der Waals surface area contributed by atoms with Crippen LogP contribution >= 0.6 is 0 Å². The van der Waals surface area contributed by atoms with Crippen LogP contribution in [-0.4, -0.2) is 28.6 Å². The topological polar surface area (TPSA) is 62.2 Å². The number of nitrogens with one attached hydrogen (secondary N) is 1. The van der Waals surface area contributed by atoms with Crippen LogP contribution in [0.5, 0.6) is 0 Å². The molecule has 1 aromatic rings. The van der Waals surface area contributed by atoms with E-state index in [2.05, 4.69) is 10.3 Å². The maximum atomic E-state index is 11.5. The molecule has 0 bridgehead atoms. The summed E-state index contributed by atoms with van der Waals surface area (Å²) in [7, 11) is 0. The standard InChI is InChI=1S/C11H16N2O2/c1-2-4-10(14)8-13-11(15)9-5-3-6-12-7-9/h3,5-7,10,14H,2,4,8H2,1H3,(H,13,15). The van der Waals surface area contributed by atoms with Crippen molar-refractivity contribution in [1.29, 1.82) is 0 Å². The number of carbonyl (C=O) groups is 1. The molecule has 1 unspecified atom stereocenters. The number of nitrogens with zero attached hydrogens (tertiary/aromatic N) is 1. The predicted octanol–water partition coefficient (Wildman–Crippen LogP) is 0.972. The summed E-state index contributed by atoms with van der Waals surface area (Å²) >= 11 is 0. The first kappa shape index (κ1) is 11.7. The van der Waals surface area contributed by atoms with E-state index >= 15 is 0 Å². The second kappa shape index (κ2) is 6.14. The second-order valence-electron chi connectivity index (χ2n) is 3.39. The Balaban J connectivity index is 2.37. The van der Waals surface area contributed by atoms with E-state index in [1.165, 1.54) is 6.20 Å². The SMILES string of the molecule is CCCC(O)CNC(=O)c1cccnc1. The molecule has 1 rings (SSSR count). The monoisotopic (exact) mass is 208 g/mol. The van der Waals surface area contributed by atoms with Crippen molar-refractivity contribution in [1.82, 2.24) is 10.3 Å². The van der Waals surface area contributed by atoms with Gasteiger partial charge in [-0.3, -0.25) is 9.78 Å². The molecule has 0 radical (unpaired) electrons. The average molecular weight is 208 g/mol. The second-order valence-corrected chi connectivity index (χ2v) is 3.39. The Morgan fingerprint density at radius 1 is 1.67 bits per heavy atom. The fourth-order valence-corrected chi connectivity index (χ4v) is 1.24. The lowest BCUT2D eigenvalue weighted by molar-refractivity contribution is 0.0910. The molecule has 0 aromatic carbocycles. The lowest BCUT2D eigenvalue weighted by Crippen LogP contribution is -2.32. The van der Waals surface area contributed by atoms with Gasteiger partial charge in [0.15, 0.2) is 0 Å². The average Bonchev–Trinajstić information content (AvgIpc) is 2.27. The number of pyridine rings is 1. The minimum Gasteiger partial charge on any atom is -0.391 e. The Labute approximate surface area is 89.3 Å². The number of hydrogen-bond acceptors (Lipinski definition) is 3. The minimum atomic E-state index is -0.462. The van der Waals surface area contributed by atoms with E-state index in [0.717, 1.165) is 6.42 Å². The highest BCUT2D eigenvalue weighted by Gasteiger charge is 2.07. The van der Waals surface area contributed by atoms with Gasteiger partial charge in [-0.05, 0) is 18.6 Å². The first-order valence-corrected chi connectivity index (χ1v) is 5.10. The van der Waals surface area contributed by atoms with Crippen LogP contribution in [0, 0.1) is 0 Å². The van der Waals surface area contributed by atoms with E-state index in [1.54, 1.807) is 18.3 Å². The summed E-state index contributed by atoms with van der Waals surface area (Å²) in [5, 5.41) is 12.1. The van der Waals surface area contributed by atoms with Gasteiger partial charge in [0.05, 0.1) is 11.7 Å². The number of aromatic nitrogens is 1. The largest absolute Gasteiger partial charge is 0.391 e. The van der Waals surface area contributed by atoms with E-state index in [0.29, 0.717) is 18.5 Å². The Hall–Kier alpha value is -1.42. The van der Waals surface area contributed by atoms with Crippen molar-refractivity contribution >= 4 is 5.91 Å². The van der Waals surface area contributed by atoms with Crippen molar-refractivity contribution in [2.45, 2.75) is 25.9 Å². The van der Waals surface area contributed by atoms with Crippen molar-refractivity contribution in [3.63, 3.8) is 0 Å². The smallest absolute Gasteiger partial charge is 0.252 e. The first-order chi connectivity index (χ1) is 7.24. The zero-order chi connectivity index (χ0) is 11.1. The van der Waals surface area contributed by atoms with Gasteiger partial charge in [0.2, 0.25) is 0 Å². The van der Waals surface area contributed by atoms with Gasteiger partial charge in [-0.15, -0.1) is 0 Å². The highest BCUT2D eigenvalue weighted by Crippen LogP contribution is 1.97. The summed E-state index contributed by atoms with van der Waals surface area (Å²) in [6.45, 7) is 2.29. The molecule has 1 heterocycles. The third kappa shape index (κ3) is 4.08. The number of carbonyl (C=O) groups excluding carboxylic acids is 1. The zero-order valence-electron chi connectivity index (χ0n) is 8.81. The van der Waals surface area contributed by atoms with Gasteiger partial charge in [0.1, 0.15) is 0 Å². The number of amides is 1. The third-order valence-corrected chi connectivity index (χ3v) is 2.04. The first-order valence-electron chi connectivity index (χ1n) is 5.10. The highest BCUT2D eigenvalue weighted by atomic mass is 16.3. The molecule has 0 spiro atoms. The van der Waals surface area contributed by atoms with Crippen molar-refractivity contribution < 1.29 is 9.90 Å². The predicted molar refractivity (Wildman–Crippen MR) is 57.5 cm³/mol. The number of aliphatic hydroxyl groups excluding tert-OH is 1. The Bertz CT molecular complexity index is 301. The molecule has 0 fully saturated rings. The van der Waals surface area contributed by atoms with Crippen LogP contribution < -0.4 is 5.32 Å². The fourth-order valence-electron chi connectivity index (χ4n) is 1.24. The summed E-state index contributed by atoms with van der Waals surface area (Å²) in [6, 6.07) is 3.39. The van der Waals surface area contributed by atoms with Crippen LogP contribution in [0.25, 0.3) is 0 Å². The van der Waals surface area contributed by atoms with Gasteiger partial charge in [-0.25, -0.2) is 0 Å². The van der Waals surface area contributed by atoms with E-state index in [-0.39, 0.29) is 5.91 Å². The van der Waals surface area contributed by atoms with Crippen LogP contribution in [0.1, 0.15) is 30.1 Å². The number of aliphatic hydroxyl groups is 1. The van der Waals surface area contributed by atoms with Crippen molar-refractivity contribution in [2.75, 3.05) is 6.54 Å². The molecular weight excluding hydrogens is 192 g/mol. The van der Waals surface area contributed by atoms with Crippen LogP contribution in [0.4, 0.5) is 0 Å². The molecule has 2 N–H and O–H groups in total. The molecule has 1 aromatic heterocycles. The van der Waals surface area contributed by atoms with Gasteiger partial charge < -0.3 is 10.4 Å². The van der Waals surface area contributed by atoms with Crippen molar-refractivity contribution in [2.24, 2.45) is 0 Å². The molecule has 82 valence electrons. The minimum absolute atomic E-state index is 0.196. The van der Waals surface area contributed by atoms with E-state index in [9.17, 15) is 9.90 Å². The van der Waals surface area contributed by atoms with Crippen LogP contribution in [0.3, 0.4) is 0 Å². The Kier molecular flexibility index (Phi) is 4.77. The summed E-state index contributed by atoms with van der Waals surface area (Å²) < 4.78 is 0. The van der Waals surface area contributed by atoms with E-state index in [1.807, 2.05) is 6.92 Å². The van der Waals surface area contributed by atoms with Crippen LogP contribution in [0.2, 0.25) is 0 Å². The molecule has 0 aliphatic rings. The summed E-state index contributed by atoms with van der Waals surface area (Å²) in [5.41, 5.74) is 0.515. The molecule has 0 aliphatic carbocycles. The maximum absolute atomic E-state index is 11.5. The van der Waals surface area contributed by atoms with Gasteiger partial charge in [0.25, 0.3) is 5.91 Å². The molecule has 4 heteroatoms. The van der Waals surface area contributed by atoms with Gasteiger partial charge in [0, 0.05) is 18.9 Å². The van der Waals surface area contributed by atoms with Gasteiger partial charge >= 0.3 is 0 Å². The van der Waals surface area contributed by atoms with Crippen molar-refractivity contribution in [3.05, 3.63) is 30.1 Å². The Morgan fingerprint density at radius 2 is 2.47 bits per heavy atom. The fraction of sp³-hybridized carbons (Fsp3) is 0.455. The quantitative estimate of drug-likeness (QED) is 0.758. The molecular formula is C11H16N2O2. The van der Waals surface area contributed by atoms with E-state index in [4.69, 9.17) is 0 Å². The highest BCUT2D eigenvalue weighted by molar-refractivity contribution is 5.93. The molecule has 0 saturated heterocycles. The van der Waals surface area contributed by atoms with E-state index < -0.39 is 6.10 Å². The van der Waals surface area contributed by atoms with Crippen LogP contribution in [-0.2, 0) is 0 Å². The summed E-state index contributed by atoms with van der Waals surface area (Å²) in [5.74, 6) is -0.196. The number of rotatable bonds is 5. The number of hydrogen-bond donors (Lipinski definition) is 2. The molecule has 0 aliphatic heterocycles. The zero-order valence-corrected chi connectivity index (χ0v) is 8.81. The van der Waals surface area contributed by atoms with Gasteiger partial charge in [-0.2, -0.15) is 0 Å².